The number of benzene rings is 2. The molecule has 1 aliphatic rings. The second-order valence-electron chi connectivity index (χ2n) is 9.71. The fraction of sp³-hybridized carbons (Fsp3) is 0.333. The van der Waals surface area contributed by atoms with Crippen LogP contribution in [-0.2, 0) is 23.7 Å². The molecule has 0 aliphatic carbocycles. The molecular formula is C27H24Cl2F6N6O2. The summed E-state index contributed by atoms with van der Waals surface area (Å²) in [6.45, 7) is 1.78. The topological polar surface area (TPSA) is 90.5 Å². The number of hydrogen-bond acceptors (Lipinski definition) is 6. The van der Waals surface area contributed by atoms with E-state index in [1.54, 1.807) is 18.5 Å². The van der Waals surface area contributed by atoms with Gasteiger partial charge in [-0.15, -0.1) is 0 Å². The van der Waals surface area contributed by atoms with Gasteiger partial charge in [-0.1, -0.05) is 29.3 Å². The lowest BCUT2D eigenvalue weighted by Crippen LogP contribution is -2.42. The summed E-state index contributed by atoms with van der Waals surface area (Å²) in [7, 11) is 0. The molecule has 1 unspecified atom stereocenters. The Kier molecular flexibility index (Phi) is 10.2. The number of hydrogen-bond donors (Lipinski definition) is 2. The average molecular weight is 649 g/mol. The van der Waals surface area contributed by atoms with Crippen molar-refractivity contribution in [3.05, 3.63) is 93.0 Å². The summed E-state index contributed by atoms with van der Waals surface area (Å²) >= 11 is 12.1. The molecule has 8 nitrogen and oxygen atoms in total. The van der Waals surface area contributed by atoms with Gasteiger partial charge >= 0.3 is 12.4 Å². The first-order chi connectivity index (χ1) is 20.2. The second kappa shape index (κ2) is 13.5. The molecule has 43 heavy (non-hydrogen) atoms. The van der Waals surface area contributed by atoms with Gasteiger partial charge in [0.15, 0.2) is 0 Å². The molecule has 1 saturated heterocycles. The first kappa shape index (κ1) is 32.5. The Balaban J connectivity index is 1.46. The highest BCUT2D eigenvalue weighted by molar-refractivity contribution is 6.42. The molecule has 2 N–H and O–H groups in total. The molecule has 1 atom stereocenters. The highest BCUT2D eigenvalue weighted by Crippen LogP contribution is 2.36. The van der Waals surface area contributed by atoms with E-state index in [1.165, 1.54) is 18.2 Å². The molecule has 0 spiro atoms. The van der Waals surface area contributed by atoms with Crippen molar-refractivity contribution in [1.82, 2.24) is 30.4 Å². The minimum absolute atomic E-state index is 0.0273. The van der Waals surface area contributed by atoms with Crippen LogP contribution < -0.4 is 10.6 Å². The predicted octanol–water partition coefficient (Wildman–Crippen LogP) is 5.18. The van der Waals surface area contributed by atoms with Gasteiger partial charge < -0.3 is 10.6 Å². The summed E-state index contributed by atoms with van der Waals surface area (Å²) < 4.78 is 79.6. The van der Waals surface area contributed by atoms with E-state index >= 15 is 0 Å². The highest BCUT2D eigenvalue weighted by atomic mass is 35.5. The van der Waals surface area contributed by atoms with Gasteiger partial charge in [0.25, 0.3) is 5.91 Å². The number of alkyl halides is 6. The van der Waals surface area contributed by atoms with Crippen molar-refractivity contribution in [2.75, 3.05) is 32.8 Å². The van der Waals surface area contributed by atoms with Gasteiger partial charge in [-0.25, -0.2) is 9.97 Å². The summed E-state index contributed by atoms with van der Waals surface area (Å²) in [5.41, 5.74) is -3.70. The van der Waals surface area contributed by atoms with Crippen LogP contribution in [-0.4, -0.2) is 64.4 Å². The Morgan fingerprint density at radius 1 is 0.884 bits per heavy atom. The Bertz CT molecular complexity index is 1430. The van der Waals surface area contributed by atoms with E-state index < -0.39 is 46.9 Å². The normalized spacial score (nSPS) is 15.3. The highest BCUT2D eigenvalue weighted by Gasteiger charge is 2.37. The SMILES string of the molecule is O=C(CN1CCN(Cc2ncccn2)C1)NC(CNC(=O)c1cc(C(F)(F)F)cc(C(F)(F)F)c1)c1ccc(Cl)c(Cl)c1. The maximum absolute atomic E-state index is 13.3. The number of nitrogens with zero attached hydrogens (tertiary/aromatic N) is 4. The summed E-state index contributed by atoms with van der Waals surface area (Å²) in [5.74, 6) is -1.01. The maximum atomic E-state index is 13.3. The van der Waals surface area contributed by atoms with Crippen molar-refractivity contribution in [1.29, 1.82) is 0 Å². The zero-order valence-corrected chi connectivity index (χ0v) is 23.7. The fourth-order valence-electron chi connectivity index (χ4n) is 4.38. The van der Waals surface area contributed by atoms with Crippen LogP contribution in [0.15, 0.2) is 54.9 Å². The molecular weight excluding hydrogens is 625 g/mol. The minimum Gasteiger partial charge on any atom is -0.350 e. The fourth-order valence-corrected chi connectivity index (χ4v) is 4.69. The molecule has 1 aliphatic heterocycles. The molecule has 16 heteroatoms. The van der Waals surface area contributed by atoms with Crippen molar-refractivity contribution >= 4 is 35.0 Å². The number of carbonyl (C=O) groups is 2. The van der Waals surface area contributed by atoms with Crippen LogP contribution in [0, 0.1) is 0 Å². The van der Waals surface area contributed by atoms with E-state index in [1.807, 2.05) is 9.80 Å². The lowest BCUT2D eigenvalue weighted by molar-refractivity contribution is -0.143. The zero-order chi connectivity index (χ0) is 31.4. The Morgan fingerprint density at radius 3 is 2.12 bits per heavy atom. The summed E-state index contributed by atoms with van der Waals surface area (Å²) in [4.78, 5) is 38.1. The number of nitrogens with one attached hydrogen (secondary N) is 2. The number of carbonyl (C=O) groups excluding carboxylic acids is 2. The molecule has 2 amide bonds. The van der Waals surface area contributed by atoms with Gasteiger partial charge in [0.2, 0.25) is 5.91 Å². The summed E-state index contributed by atoms with van der Waals surface area (Å²) in [5, 5.41) is 5.42. The molecule has 230 valence electrons. The van der Waals surface area contributed by atoms with Crippen LogP contribution in [0.25, 0.3) is 0 Å². The molecule has 1 fully saturated rings. The van der Waals surface area contributed by atoms with Crippen LogP contribution in [0.4, 0.5) is 26.3 Å². The van der Waals surface area contributed by atoms with Crippen LogP contribution in [0.3, 0.4) is 0 Å². The van der Waals surface area contributed by atoms with E-state index in [4.69, 9.17) is 23.2 Å². The van der Waals surface area contributed by atoms with Crippen LogP contribution >= 0.6 is 23.2 Å². The molecule has 0 saturated carbocycles. The van der Waals surface area contributed by atoms with Crippen molar-refractivity contribution in [2.45, 2.75) is 24.9 Å². The Labute approximate surface area is 252 Å². The second-order valence-corrected chi connectivity index (χ2v) is 10.5. The lowest BCUT2D eigenvalue weighted by atomic mass is 10.0. The van der Waals surface area contributed by atoms with E-state index in [2.05, 4.69) is 20.6 Å². The monoisotopic (exact) mass is 648 g/mol. The van der Waals surface area contributed by atoms with Gasteiger partial charge in [-0.05, 0) is 42.0 Å². The smallest absolute Gasteiger partial charge is 0.350 e. The molecule has 3 aromatic rings. The van der Waals surface area contributed by atoms with Gasteiger partial charge in [0, 0.05) is 37.6 Å². The summed E-state index contributed by atoms with van der Waals surface area (Å²) in [6, 6.07) is 5.76. The first-order valence-electron chi connectivity index (χ1n) is 12.7. The summed E-state index contributed by atoms with van der Waals surface area (Å²) in [6.07, 6.45) is -6.97. The molecule has 0 bridgehead atoms. The third-order valence-corrected chi connectivity index (χ3v) is 7.22. The lowest BCUT2D eigenvalue weighted by Gasteiger charge is -2.23. The average Bonchev–Trinajstić information content (AvgIpc) is 3.37. The predicted molar refractivity (Wildman–Crippen MR) is 145 cm³/mol. The van der Waals surface area contributed by atoms with E-state index in [-0.39, 0.29) is 29.2 Å². The standard InChI is InChI=1S/C27H24Cl2F6N6O2/c28-20-3-2-16(10-21(20)29)22(39-24(42)14-41-7-6-40(15-41)13-23-36-4-1-5-37-23)12-38-25(43)17-8-18(26(30,31)32)11-19(9-17)27(33,34)35/h1-5,8-11,22H,6-7,12-15H2,(H,38,43)(H,39,42). The van der Waals surface area contributed by atoms with Gasteiger partial charge in [-0.3, -0.25) is 19.4 Å². The Hall–Kier alpha value is -3.46. The van der Waals surface area contributed by atoms with Crippen molar-refractivity contribution in [2.24, 2.45) is 0 Å². The zero-order valence-electron chi connectivity index (χ0n) is 22.1. The molecule has 1 aromatic heterocycles. The molecule has 0 radical (unpaired) electrons. The van der Waals surface area contributed by atoms with Crippen molar-refractivity contribution in [3.8, 4) is 0 Å². The van der Waals surface area contributed by atoms with E-state index in [9.17, 15) is 35.9 Å². The maximum Gasteiger partial charge on any atom is 0.416 e. The largest absolute Gasteiger partial charge is 0.416 e. The van der Waals surface area contributed by atoms with Crippen molar-refractivity contribution in [3.63, 3.8) is 0 Å². The molecule has 4 rings (SSSR count). The minimum atomic E-state index is -5.12. The van der Waals surface area contributed by atoms with Gasteiger partial charge in [0.1, 0.15) is 5.82 Å². The van der Waals surface area contributed by atoms with Gasteiger partial charge in [0.05, 0.1) is 47.0 Å². The number of aromatic nitrogens is 2. The Morgan fingerprint density at radius 2 is 1.51 bits per heavy atom. The third-order valence-electron chi connectivity index (χ3n) is 6.48. The third kappa shape index (κ3) is 9.02. The van der Waals surface area contributed by atoms with Crippen LogP contribution in [0.1, 0.15) is 38.9 Å². The number of amides is 2. The van der Waals surface area contributed by atoms with Crippen molar-refractivity contribution < 1.29 is 35.9 Å². The number of rotatable bonds is 9. The quantitative estimate of drug-likeness (QED) is 0.311. The van der Waals surface area contributed by atoms with Crippen LogP contribution in [0.5, 0.6) is 0 Å². The first-order valence-corrected chi connectivity index (χ1v) is 13.5. The van der Waals surface area contributed by atoms with Crippen LogP contribution in [0.2, 0.25) is 10.0 Å². The molecule has 2 aromatic carbocycles. The van der Waals surface area contributed by atoms with E-state index in [0.717, 1.165) is 0 Å². The van der Waals surface area contributed by atoms with Gasteiger partial charge in [-0.2, -0.15) is 26.3 Å². The molecule has 2 heterocycles. The van der Waals surface area contributed by atoms with E-state index in [0.29, 0.717) is 49.8 Å². The number of halogens is 8.